The van der Waals surface area contributed by atoms with Crippen molar-refractivity contribution in [1.82, 2.24) is 5.32 Å². The average molecular weight is 403 g/mol. The monoisotopic (exact) mass is 403 g/mol. The molecule has 0 aliphatic heterocycles. The maximum absolute atomic E-state index is 12.9. The van der Waals surface area contributed by atoms with Gasteiger partial charge in [0.05, 0.1) is 5.39 Å². The van der Waals surface area contributed by atoms with E-state index >= 15 is 0 Å². The van der Waals surface area contributed by atoms with E-state index in [4.69, 9.17) is 13.9 Å². The number of rotatable bonds is 5. The lowest BCUT2D eigenvalue weighted by Crippen LogP contribution is -2.48. The third-order valence-corrected chi connectivity index (χ3v) is 4.22. The normalized spacial score (nSPS) is 12.7. The molecule has 1 aromatic heterocycles. The second-order valence-electron chi connectivity index (χ2n) is 8.37. The predicted molar refractivity (Wildman–Crippen MR) is 110 cm³/mol. The highest BCUT2D eigenvalue weighted by molar-refractivity contribution is 5.91. The number of amides is 1. The number of alkyl carbamates (subject to hydrolysis) is 1. The van der Waals surface area contributed by atoms with Crippen LogP contribution in [-0.4, -0.2) is 23.7 Å². The summed E-state index contributed by atoms with van der Waals surface area (Å²) in [6, 6.07) is 3.94. The van der Waals surface area contributed by atoms with Crippen molar-refractivity contribution in [3.05, 3.63) is 39.7 Å². The van der Waals surface area contributed by atoms with Gasteiger partial charge < -0.3 is 19.2 Å². The van der Waals surface area contributed by atoms with Gasteiger partial charge in [0.15, 0.2) is 0 Å². The highest BCUT2D eigenvalue weighted by atomic mass is 16.6. The van der Waals surface area contributed by atoms with E-state index in [2.05, 4.69) is 5.32 Å². The number of fused-ring (bicyclic) bond motifs is 1. The van der Waals surface area contributed by atoms with E-state index in [0.29, 0.717) is 23.1 Å². The number of carbonyl (C=O) groups excluding carboxylic acids is 2. The molecule has 7 nitrogen and oxygen atoms in total. The van der Waals surface area contributed by atoms with Gasteiger partial charge in [-0.05, 0) is 63.3 Å². The van der Waals surface area contributed by atoms with E-state index in [1.165, 1.54) is 6.07 Å². The van der Waals surface area contributed by atoms with Gasteiger partial charge >= 0.3 is 17.7 Å². The minimum atomic E-state index is -0.902. The van der Waals surface area contributed by atoms with Crippen LogP contribution in [0.4, 0.5) is 4.79 Å². The molecule has 29 heavy (non-hydrogen) atoms. The van der Waals surface area contributed by atoms with Crippen molar-refractivity contribution in [3.8, 4) is 5.75 Å². The van der Waals surface area contributed by atoms with Gasteiger partial charge in [-0.25, -0.2) is 14.4 Å². The Morgan fingerprint density at radius 3 is 2.38 bits per heavy atom. The summed E-state index contributed by atoms with van der Waals surface area (Å²) in [6.07, 6.45) is -0.123. The number of esters is 1. The summed E-state index contributed by atoms with van der Waals surface area (Å²) < 4.78 is 16.2. The summed E-state index contributed by atoms with van der Waals surface area (Å²) in [5.74, 6) is -0.553. The first-order valence-electron chi connectivity index (χ1n) is 9.70. The van der Waals surface area contributed by atoms with E-state index in [1.54, 1.807) is 46.8 Å². The molecule has 1 amide bonds. The zero-order valence-corrected chi connectivity index (χ0v) is 18.0. The van der Waals surface area contributed by atoms with Crippen molar-refractivity contribution in [3.63, 3.8) is 0 Å². The van der Waals surface area contributed by atoms with Gasteiger partial charge in [-0.3, -0.25) is 0 Å². The van der Waals surface area contributed by atoms with Gasteiger partial charge in [-0.1, -0.05) is 20.8 Å². The second-order valence-corrected chi connectivity index (χ2v) is 8.37. The van der Waals surface area contributed by atoms with Gasteiger partial charge in [0.1, 0.15) is 23.0 Å². The number of carbonyl (C=O) groups is 2. The first-order valence-corrected chi connectivity index (χ1v) is 9.70. The molecule has 0 spiro atoms. The van der Waals surface area contributed by atoms with Crippen LogP contribution in [0.25, 0.3) is 11.0 Å². The van der Waals surface area contributed by atoms with Gasteiger partial charge in [0, 0.05) is 6.07 Å². The Balaban J connectivity index is 2.38. The van der Waals surface area contributed by atoms with Crippen LogP contribution in [-0.2, 0) is 16.0 Å². The molecule has 0 bridgehead atoms. The molecule has 1 aromatic carbocycles. The number of aryl methyl sites for hydroxylation is 2. The molecular weight excluding hydrogens is 374 g/mol. The number of nitrogens with one attached hydrogen (secondary N) is 1. The molecule has 2 rings (SSSR count). The summed E-state index contributed by atoms with van der Waals surface area (Å²) in [6.45, 7) is 12.5. The van der Waals surface area contributed by atoms with Crippen molar-refractivity contribution >= 4 is 23.0 Å². The number of ether oxygens (including phenoxy) is 2. The van der Waals surface area contributed by atoms with Crippen LogP contribution in [0.1, 0.15) is 52.7 Å². The topological polar surface area (TPSA) is 94.8 Å². The smallest absolute Gasteiger partial charge is 0.408 e. The Morgan fingerprint density at radius 2 is 1.83 bits per heavy atom. The van der Waals surface area contributed by atoms with Gasteiger partial charge in [0.25, 0.3) is 0 Å². The van der Waals surface area contributed by atoms with Crippen molar-refractivity contribution in [2.45, 2.75) is 66.5 Å². The van der Waals surface area contributed by atoms with Crippen LogP contribution < -0.4 is 15.7 Å². The summed E-state index contributed by atoms with van der Waals surface area (Å²) in [7, 11) is 0. The lowest BCUT2D eigenvalue weighted by Gasteiger charge is -2.24. The maximum Gasteiger partial charge on any atom is 0.408 e. The van der Waals surface area contributed by atoms with Crippen LogP contribution in [0.15, 0.2) is 27.4 Å². The molecule has 1 atom stereocenters. The fourth-order valence-electron chi connectivity index (χ4n) is 2.93. The summed E-state index contributed by atoms with van der Waals surface area (Å²) in [5, 5.41) is 3.16. The predicted octanol–water partition coefficient (Wildman–Crippen LogP) is 4.12. The highest BCUT2D eigenvalue weighted by Crippen LogP contribution is 2.30. The van der Waals surface area contributed by atoms with Crippen molar-refractivity contribution in [2.75, 3.05) is 0 Å². The molecule has 7 heteroatoms. The van der Waals surface area contributed by atoms with E-state index in [1.807, 2.05) is 13.8 Å². The molecule has 158 valence electrons. The average Bonchev–Trinajstić information content (AvgIpc) is 2.56. The summed E-state index contributed by atoms with van der Waals surface area (Å²) >= 11 is 0. The molecule has 1 heterocycles. The van der Waals surface area contributed by atoms with E-state index in [0.717, 1.165) is 11.1 Å². The van der Waals surface area contributed by atoms with Crippen LogP contribution in [0.3, 0.4) is 0 Å². The van der Waals surface area contributed by atoms with E-state index < -0.39 is 29.3 Å². The number of benzene rings is 1. The maximum atomic E-state index is 12.9. The van der Waals surface area contributed by atoms with E-state index in [9.17, 15) is 14.4 Å². The largest absolute Gasteiger partial charge is 0.444 e. The zero-order valence-electron chi connectivity index (χ0n) is 18.0. The Hall–Kier alpha value is -2.83. The van der Waals surface area contributed by atoms with Crippen molar-refractivity contribution in [1.29, 1.82) is 0 Å². The first-order chi connectivity index (χ1) is 13.4. The van der Waals surface area contributed by atoms with Gasteiger partial charge in [0.2, 0.25) is 0 Å². The molecule has 0 unspecified atom stereocenters. The molecular formula is C22H29NO6. The lowest BCUT2D eigenvalue weighted by molar-refractivity contribution is -0.137. The second kappa shape index (κ2) is 8.68. The minimum Gasteiger partial charge on any atom is -0.444 e. The van der Waals surface area contributed by atoms with Crippen LogP contribution in [0.5, 0.6) is 5.75 Å². The van der Waals surface area contributed by atoms with Crippen LogP contribution >= 0.6 is 0 Å². The quantitative estimate of drug-likeness (QED) is 0.458. The third kappa shape index (κ3) is 5.82. The molecule has 1 N–H and O–H groups in total. The Morgan fingerprint density at radius 1 is 1.17 bits per heavy atom. The van der Waals surface area contributed by atoms with E-state index in [-0.39, 0.29) is 5.92 Å². The third-order valence-electron chi connectivity index (χ3n) is 4.22. The molecule has 0 aliphatic rings. The van der Waals surface area contributed by atoms with Gasteiger partial charge in [-0.15, -0.1) is 0 Å². The molecule has 0 radical (unpaired) electrons. The molecule has 0 aliphatic carbocycles. The Kier molecular flexibility index (Phi) is 6.72. The fraction of sp³-hybridized carbons (Fsp3) is 0.500. The first kappa shape index (κ1) is 22.5. The fourth-order valence-corrected chi connectivity index (χ4v) is 2.93. The zero-order chi connectivity index (χ0) is 21.9. The molecule has 0 saturated heterocycles. The Bertz CT molecular complexity index is 968. The SMILES string of the molecule is CCc1cc(=O)oc2cc(C)cc(OC(=O)[C@@H](NC(=O)OC(C)(C)C)C(C)C)c12. The summed E-state index contributed by atoms with van der Waals surface area (Å²) in [5.41, 5.74) is 0.718. The highest BCUT2D eigenvalue weighted by Gasteiger charge is 2.29. The van der Waals surface area contributed by atoms with Gasteiger partial charge in [-0.2, -0.15) is 0 Å². The van der Waals surface area contributed by atoms with Crippen molar-refractivity contribution in [2.24, 2.45) is 5.92 Å². The Labute approximate surface area is 170 Å². The number of hydrogen-bond acceptors (Lipinski definition) is 6. The standard InChI is InChI=1S/C22H29NO6/c1-8-14-11-17(24)27-15-9-13(4)10-16(18(14)15)28-20(25)19(12(2)3)23-21(26)29-22(5,6)7/h9-12,19H,8H2,1-7H3,(H,23,26)/t19-/m0/s1. The van der Waals surface area contributed by atoms with Crippen LogP contribution in [0, 0.1) is 12.8 Å². The van der Waals surface area contributed by atoms with Crippen molar-refractivity contribution < 1.29 is 23.5 Å². The van der Waals surface area contributed by atoms with Crippen LogP contribution in [0.2, 0.25) is 0 Å². The molecule has 2 aromatic rings. The molecule has 0 fully saturated rings. The number of hydrogen-bond donors (Lipinski definition) is 1. The lowest BCUT2D eigenvalue weighted by atomic mass is 10.0. The minimum absolute atomic E-state index is 0.227. The summed E-state index contributed by atoms with van der Waals surface area (Å²) in [4.78, 5) is 36.8. The molecule has 0 saturated carbocycles.